The Morgan fingerprint density at radius 2 is 2.21 bits per heavy atom. The van der Waals surface area contributed by atoms with Crippen molar-refractivity contribution in [1.29, 1.82) is 0 Å². The summed E-state index contributed by atoms with van der Waals surface area (Å²) in [6.45, 7) is 6.48. The smallest absolute Gasteiger partial charge is 0.201 e. The zero-order valence-corrected chi connectivity index (χ0v) is 9.69. The van der Waals surface area contributed by atoms with Crippen molar-refractivity contribution in [2.24, 2.45) is 0 Å². The Hall–Kier alpha value is -0.670. The van der Waals surface area contributed by atoms with Crippen molar-refractivity contribution in [3.63, 3.8) is 0 Å². The highest BCUT2D eigenvalue weighted by Crippen LogP contribution is 2.18. The Labute approximate surface area is 88.9 Å². The predicted octanol–water partition coefficient (Wildman–Crippen LogP) is 3.05. The highest BCUT2D eigenvalue weighted by Gasteiger charge is 2.19. The first-order valence-electron chi connectivity index (χ1n) is 4.91. The Kier molecular flexibility index (Phi) is 4.29. The zero-order valence-electron chi connectivity index (χ0n) is 8.87. The molecule has 0 aliphatic carbocycles. The summed E-state index contributed by atoms with van der Waals surface area (Å²) < 4.78 is 5.37. The van der Waals surface area contributed by atoms with Crippen LogP contribution in [0.2, 0.25) is 0 Å². The average Bonchev–Trinajstić information content (AvgIpc) is 2.60. The first-order valence-corrected chi connectivity index (χ1v) is 5.73. The van der Waals surface area contributed by atoms with Crippen molar-refractivity contribution in [2.75, 3.05) is 6.61 Å². The highest BCUT2D eigenvalue weighted by atomic mass is 32.1. The minimum Gasteiger partial charge on any atom is -0.370 e. The van der Waals surface area contributed by atoms with E-state index in [-0.39, 0.29) is 11.9 Å². The maximum Gasteiger partial charge on any atom is 0.201 e. The molecule has 0 aliphatic heterocycles. The lowest BCUT2D eigenvalue weighted by Crippen LogP contribution is -2.22. The van der Waals surface area contributed by atoms with Crippen LogP contribution in [0.4, 0.5) is 0 Å². The third-order valence-electron chi connectivity index (χ3n) is 2.01. The fourth-order valence-electron chi connectivity index (χ4n) is 1.31. The van der Waals surface area contributed by atoms with Gasteiger partial charge in [-0.3, -0.25) is 4.79 Å². The van der Waals surface area contributed by atoms with Gasteiger partial charge in [0.2, 0.25) is 5.78 Å². The lowest BCUT2D eigenvalue weighted by molar-refractivity contribution is 0.0447. The van der Waals surface area contributed by atoms with E-state index in [4.69, 9.17) is 4.74 Å². The molecule has 0 amide bonds. The molecule has 1 aromatic rings. The third-order valence-corrected chi connectivity index (χ3v) is 3.03. The fraction of sp³-hybridized carbons (Fsp3) is 0.545. The summed E-state index contributed by atoms with van der Waals surface area (Å²) in [4.78, 5) is 13.8. The molecule has 1 unspecified atom stereocenters. The second kappa shape index (κ2) is 5.27. The number of ketones is 1. The average molecular weight is 212 g/mol. The summed E-state index contributed by atoms with van der Waals surface area (Å²) in [7, 11) is 0. The number of carbonyl (C=O) groups excluding carboxylic acids is 1. The normalized spacial score (nSPS) is 12.8. The summed E-state index contributed by atoms with van der Waals surface area (Å²) >= 11 is 1.54. The number of rotatable bonds is 5. The molecule has 0 aliphatic rings. The standard InChI is InChI=1S/C11H16O2S/c1-4-9(13-5-2)11(12)10-7-6-8(3)14-10/h6-7,9H,4-5H2,1-3H3. The van der Waals surface area contributed by atoms with Crippen LogP contribution in [0.15, 0.2) is 12.1 Å². The lowest BCUT2D eigenvalue weighted by Gasteiger charge is -2.11. The molecule has 0 aromatic carbocycles. The number of Topliss-reactive ketones (excluding diaryl/α,β-unsaturated/α-hetero) is 1. The van der Waals surface area contributed by atoms with E-state index in [1.165, 1.54) is 16.2 Å². The van der Waals surface area contributed by atoms with Gasteiger partial charge in [-0.2, -0.15) is 0 Å². The van der Waals surface area contributed by atoms with Gasteiger partial charge in [0, 0.05) is 11.5 Å². The summed E-state index contributed by atoms with van der Waals surface area (Å²) in [5.41, 5.74) is 0. The van der Waals surface area contributed by atoms with Gasteiger partial charge in [-0.15, -0.1) is 11.3 Å². The van der Waals surface area contributed by atoms with Crippen molar-refractivity contribution in [2.45, 2.75) is 33.3 Å². The topological polar surface area (TPSA) is 26.3 Å². The Bertz CT molecular complexity index is 304. The van der Waals surface area contributed by atoms with Crippen molar-refractivity contribution in [3.05, 3.63) is 21.9 Å². The summed E-state index contributed by atoms with van der Waals surface area (Å²) in [6.07, 6.45) is 0.474. The van der Waals surface area contributed by atoms with Crippen LogP contribution in [0.3, 0.4) is 0 Å². The van der Waals surface area contributed by atoms with Crippen molar-refractivity contribution >= 4 is 17.1 Å². The minimum absolute atomic E-state index is 0.118. The van der Waals surface area contributed by atoms with E-state index in [9.17, 15) is 4.79 Å². The van der Waals surface area contributed by atoms with Crippen LogP contribution in [0.1, 0.15) is 34.8 Å². The summed E-state index contributed by atoms with van der Waals surface area (Å²) in [5.74, 6) is 0.118. The highest BCUT2D eigenvalue weighted by molar-refractivity contribution is 7.14. The van der Waals surface area contributed by atoms with Gasteiger partial charge in [-0.05, 0) is 32.4 Å². The van der Waals surface area contributed by atoms with Crippen molar-refractivity contribution < 1.29 is 9.53 Å². The van der Waals surface area contributed by atoms with Crippen LogP contribution >= 0.6 is 11.3 Å². The SMILES string of the molecule is CCOC(CC)C(=O)c1ccc(C)s1. The van der Waals surface area contributed by atoms with Crippen LogP contribution in [-0.2, 0) is 4.74 Å². The number of hydrogen-bond acceptors (Lipinski definition) is 3. The molecular formula is C11H16O2S. The largest absolute Gasteiger partial charge is 0.370 e. The number of aryl methyl sites for hydroxylation is 1. The molecule has 2 nitrogen and oxygen atoms in total. The first-order chi connectivity index (χ1) is 6.69. The quantitative estimate of drug-likeness (QED) is 0.701. The van der Waals surface area contributed by atoms with E-state index in [0.29, 0.717) is 6.61 Å². The van der Waals surface area contributed by atoms with Gasteiger partial charge in [0.1, 0.15) is 6.10 Å². The number of carbonyl (C=O) groups is 1. The first kappa shape index (κ1) is 11.4. The molecule has 0 spiro atoms. The molecular weight excluding hydrogens is 196 g/mol. The Balaban J connectivity index is 2.72. The molecule has 14 heavy (non-hydrogen) atoms. The maximum absolute atomic E-state index is 11.9. The second-order valence-corrected chi connectivity index (χ2v) is 4.41. The number of hydrogen-bond donors (Lipinski definition) is 0. The van der Waals surface area contributed by atoms with Gasteiger partial charge in [-0.1, -0.05) is 6.92 Å². The second-order valence-electron chi connectivity index (χ2n) is 3.13. The van der Waals surface area contributed by atoms with Crippen LogP contribution in [0.5, 0.6) is 0 Å². The van der Waals surface area contributed by atoms with Gasteiger partial charge in [0.25, 0.3) is 0 Å². The molecule has 0 bridgehead atoms. The maximum atomic E-state index is 11.9. The van der Waals surface area contributed by atoms with E-state index in [2.05, 4.69) is 0 Å². The molecule has 0 saturated carbocycles. The van der Waals surface area contributed by atoms with Gasteiger partial charge < -0.3 is 4.74 Å². The zero-order chi connectivity index (χ0) is 10.6. The van der Waals surface area contributed by atoms with Crippen LogP contribution in [0, 0.1) is 6.92 Å². The molecule has 1 atom stereocenters. The van der Waals surface area contributed by atoms with Gasteiger partial charge in [-0.25, -0.2) is 0 Å². The number of ether oxygens (including phenoxy) is 1. The van der Waals surface area contributed by atoms with E-state index < -0.39 is 0 Å². The molecule has 78 valence electrons. The van der Waals surface area contributed by atoms with Crippen LogP contribution in [-0.4, -0.2) is 18.5 Å². The van der Waals surface area contributed by atoms with E-state index in [1.54, 1.807) is 0 Å². The van der Waals surface area contributed by atoms with Crippen molar-refractivity contribution in [1.82, 2.24) is 0 Å². The predicted molar refractivity (Wildman–Crippen MR) is 59.1 cm³/mol. The van der Waals surface area contributed by atoms with Crippen molar-refractivity contribution in [3.8, 4) is 0 Å². The molecule has 0 fully saturated rings. The molecule has 1 heterocycles. The molecule has 0 N–H and O–H groups in total. The van der Waals surface area contributed by atoms with Crippen LogP contribution < -0.4 is 0 Å². The Morgan fingerprint density at radius 1 is 1.50 bits per heavy atom. The summed E-state index contributed by atoms with van der Waals surface area (Å²) in [5, 5.41) is 0. The molecule has 1 rings (SSSR count). The minimum atomic E-state index is -0.266. The molecule has 3 heteroatoms. The molecule has 1 aromatic heterocycles. The molecule has 0 saturated heterocycles. The third kappa shape index (κ3) is 2.66. The lowest BCUT2D eigenvalue weighted by atomic mass is 10.1. The number of thiophene rings is 1. The van der Waals surface area contributed by atoms with Gasteiger partial charge >= 0.3 is 0 Å². The Morgan fingerprint density at radius 3 is 2.64 bits per heavy atom. The van der Waals surface area contributed by atoms with E-state index in [0.717, 1.165) is 11.3 Å². The van der Waals surface area contributed by atoms with Crippen LogP contribution in [0.25, 0.3) is 0 Å². The molecule has 0 radical (unpaired) electrons. The van der Waals surface area contributed by atoms with Gasteiger partial charge in [0.15, 0.2) is 0 Å². The van der Waals surface area contributed by atoms with E-state index in [1.807, 2.05) is 32.9 Å². The monoisotopic (exact) mass is 212 g/mol. The summed E-state index contributed by atoms with van der Waals surface area (Å²) in [6, 6.07) is 3.85. The van der Waals surface area contributed by atoms with E-state index >= 15 is 0 Å². The fourth-order valence-corrected chi connectivity index (χ4v) is 2.16. The van der Waals surface area contributed by atoms with Gasteiger partial charge in [0.05, 0.1) is 4.88 Å².